The fourth-order valence-corrected chi connectivity index (χ4v) is 2.34. The molecule has 1 aromatic rings. The molecule has 0 aromatic heterocycles. The zero-order valence-corrected chi connectivity index (χ0v) is 11.9. The molecule has 1 aliphatic rings. The highest BCUT2D eigenvalue weighted by molar-refractivity contribution is 5.98. The summed E-state index contributed by atoms with van der Waals surface area (Å²) in [6.45, 7) is 3.85. The van der Waals surface area contributed by atoms with Crippen LogP contribution in [0.2, 0.25) is 0 Å². The number of rotatable bonds is 4. The van der Waals surface area contributed by atoms with E-state index in [1.165, 1.54) is 0 Å². The Morgan fingerprint density at radius 1 is 1.50 bits per heavy atom. The van der Waals surface area contributed by atoms with Gasteiger partial charge in [0.05, 0.1) is 25.7 Å². The maximum absolute atomic E-state index is 12.1. The van der Waals surface area contributed by atoms with Crippen molar-refractivity contribution in [2.45, 2.75) is 38.8 Å². The van der Waals surface area contributed by atoms with Crippen molar-refractivity contribution < 1.29 is 14.3 Å². The first-order chi connectivity index (χ1) is 9.56. The number of carbonyl (C=O) groups excluding carboxylic acids is 1. The molecular formula is C15H18N2O3. The van der Waals surface area contributed by atoms with E-state index in [-0.39, 0.29) is 24.5 Å². The number of fused-ring (bicyclic) bond motifs is 1. The summed E-state index contributed by atoms with van der Waals surface area (Å²) < 4.78 is 11.1. The van der Waals surface area contributed by atoms with Crippen molar-refractivity contribution >= 4 is 5.91 Å². The Morgan fingerprint density at radius 3 is 2.85 bits per heavy atom. The molecule has 5 heteroatoms. The number of nitriles is 1. The first-order valence-electron chi connectivity index (χ1n) is 6.61. The van der Waals surface area contributed by atoms with Gasteiger partial charge in [0.25, 0.3) is 5.91 Å². The highest BCUT2D eigenvalue weighted by Crippen LogP contribution is 2.37. The number of nitrogens with one attached hydrogen (secondary N) is 1. The van der Waals surface area contributed by atoms with E-state index in [4.69, 9.17) is 14.7 Å². The van der Waals surface area contributed by atoms with Crippen molar-refractivity contribution in [2.75, 3.05) is 7.11 Å². The van der Waals surface area contributed by atoms with Gasteiger partial charge >= 0.3 is 0 Å². The van der Waals surface area contributed by atoms with Crippen molar-refractivity contribution in [3.63, 3.8) is 0 Å². The number of nitrogens with zero attached hydrogens (tertiary/aromatic N) is 1. The second-order valence-corrected chi connectivity index (χ2v) is 5.03. The van der Waals surface area contributed by atoms with Crippen LogP contribution >= 0.6 is 0 Å². The third-order valence-corrected chi connectivity index (χ3v) is 3.17. The maximum Gasteiger partial charge on any atom is 0.251 e. The third kappa shape index (κ3) is 2.69. The van der Waals surface area contributed by atoms with E-state index >= 15 is 0 Å². The quantitative estimate of drug-likeness (QED) is 0.912. The molecule has 1 amide bonds. The van der Waals surface area contributed by atoms with Gasteiger partial charge in [-0.25, -0.2) is 0 Å². The van der Waals surface area contributed by atoms with Crippen LogP contribution in [0.15, 0.2) is 12.1 Å². The second-order valence-electron chi connectivity index (χ2n) is 5.03. The molecule has 0 bridgehead atoms. The largest absolute Gasteiger partial charge is 0.493 e. The molecule has 5 nitrogen and oxygen atoms in total. The van der Waals surface area contributed by atoms with E-state index in [1.54, 1.807) is 19.2 Å². The van der Waals surface area contributed by atoms with Crippen LogP contribution in [0.25, 0.3) is 0 Å². The van der Waals surface area contributed by atoms with Gasteiger partial charge in [-0.1, -0.05) is 0 Å². The van der Waals surface area contributed by atoms with Crippen molar-refractivity contribution in [1.82, 2.24) is 5.32 Å². The van der Waals surface area contributed by atoms with Crippen LogP contribution in [-0.4, -0.2) is 25.2 Å². The predicted molar refractivity (Wildman–Crippen MR) is 73.9 cm³/mol. The lowest BCUT2D eigenvalue weighted by Gasteiger charge is -2.27. The number of amides is 1. The van der Waals surface area contributed by atoms with E-state index < -0.39 is 0 Å². The van der Waals surface area contributed by atoms with Gasteiger partial charge in [-0.05, 0) is 32.4 Å². The average Bonchev–Trinajstić information content (AvgIpc) is 2.39. The molecule has 0 radical (unpaired) electrons. The fourth-order valence-electron chi connectivity index (χ4n) is 2.34. The Bertz CT molecular complexity index is 561. The number of hydrogen-bond acceptors (Lipinski definition) is 4. The molecule has 2 rings (SSSR count). The number of methoxy groups -OCH3 is 1. The van der Waals surface area contributed by atoms with Gasteiger partial charge in [-0.15, -0.1) is 0 Å². The molecule has 0 fully saturated rings. The Balaban J connectivity index is 2.48. The minimum absolute atomic E-state index is 0.0187. The van der Waals surface area contributed by atoms with E-state index in [2.05, 4.69) is 11.4 Å². The SMILES string of the molecule is COc1ccc2c(c1OC(C)C)CC(CC#N)NC2=O. The molecule has 20 heavy (non-hydrogen) atoms. The molecule has 1 atom stereocenters. The molecular weight excluding hydrogens is 256 g/mol. The molecule has 1 aliphatic heterocycles. The average molecular weight is 274 g/mol. The van der Waals surface area contributed by atoms with Gasteiger partial charge < -0.3 is 14.8 Å². The Labute approximate surface area is 118 Å². The molecule has 1 N–H and O–H groups in total. The summed E-state index contributed by atoms with van der Waals surface area (Å²) in [7, 11) is 1.57. The topological polar surface area (TPSA) is 71.3 Å². The van der Waals surface area contributed by atoms with Crippen LogP contribution in [-0.2, 0) is 6.42 Å². The molecule has 0 saturated heterocycles. The zero-order chi connectivity index (χ0) is 14.7. The standard InChI is InChI=1S/C15H18N2O3/c1-9(2)20-14-12-8-10(6-7-16)17-15(18)11(12)4-5-13(14)19-3/h4-5,9-10H,6,8H2,1-3H3,(H,17,18). The Hall–Kier alpha value is -2.22. The molecule has 1 unspecified atom stereocenters. The summed E-state index contributed by atoms with van der Waals surface area (Å²) in [5.74, 6) is 1.06. The smallest absolute Gasteiger partial charge is 0.251 e. The summed E-state index contributed by atoms with van der Waals surface area (Å²) >= 11 is 0. The van der Waals surface area contributed by atoms with Crippen LogP contribution in [0.4, 0.5) is 0 Å². The predicted octanol–water partition coefficient (Wildman–Crippen LogP) is 2.05. The van der Waals surface area contributed by atoms with Crippen LogP contribution in [0.3, 0.4) is 0 Å². The zero-order valence-electron chi connectivity index (χ0n) is 11.9. The second kappa shape index (κ2) is 5.83. The number of hydrogen-bond donors (Lipinski definition) is 1. The number of ether oxygens (including phenoxy) is 2. The van der Waals surface area contributed by atoms with Gasteiger partial charge in [0.2, 0.25) is 0 Å². The minimum atomic E-state index is -0.179. The van der Waals surface area contributed by atoms with Crippen LogP contribution in [0.1, 0.15) is 36.2 Å². The van der Waals surface area contributed by atoms with Crippen molar-refractivity contribution in [3.8, 4) is 17.6 Å². The summed E-state index contributed by atoms with van der Waals surface area (Å²) in [6.07, 6.45) is 0.840. The highest BCUT2D eigenvalue weighted by atomic mass is 16.5. The molecule has 0 spiro atoms. The van der Waals surface area contributed by atoms with Crippen LogP contribution < -0.4 is 14.8 Å². The van der Waals surface area contributed by atoms with E-state index in [1.807, 2.05) is 13.8 Å². The first-order valence-corrected chi connectivity index (χ1v) is 6.61. The molecule has 0 saturated carbocycles. The Kier molecular flexibility index (Phi) is 4.14. The molecule has 1 aromatic carbocycles. The first kappa shape index (κ1) is 14.2. The monoisotopic (exact) mass is 274 g/mol. The highest BCUT2D eigenvalue weighted by Gasteiger charge is 2.29. The van der Waals surface area contributed by atoms with Crippen molar-refractivity contribution in [2.24, 2.45) is 0 Å². The van der Waals surface area contributed by atoms with Crippen LogP contribution in [0, 0.1) is 11.3 Å². The number of carbonyl (C=O) groups is 1. The molecule has 0 aliphatic carbocycles. The lowest BCUT2D eigenvalue weighted by Crippen LogP contribution is -2.41. The molecule has 106 valence electrons. The summed E-state index contributed by atoms with van der Waals surface area (Å²) in [5, 5.41) is 11.6. The summed E-state index contributed by atoms with van der Waals surface area (Å²) in [4.78, 5) is 12.1. The Morgan fingerprint density at radius 2 is 2.25 bits per heavy atom. The summed E-state index contributed by atoms with van der Waals surface area (Å²) in [6, 6.07) is 5.38. The van der Waals surface area contributed by atoms with E-state index in [0.29, 0.717) is 23.5 Å². The van der Waals surface area contributed by atoms with Gasteiger partial charge in [0.15, 0.2) is 11.5 Å². The van der Waals surface area contributed by atoms with Gasteiger partial charge in [-0.3, -0.25) is 4.79 Å². The molecule has 1 heterocycles. The maximum atomic E-state index is 12.1. The summed E-state index contributed by atoms with van der Waals surface area (Å²) in [5.41, 5.74) is 1.41. The lowest BCUT2D eigenvalue weighted by molar-refractivity contribution is 0.0923. The minimum Gasteiger partial charge on any atom is -0.493 e. The third-order valence-electron chi connectivity index (χ3n) is 3.17. The lowest BCUT2D eigenvalue weighted by atomic mass is 9.92. The normalized spacial score (nSPS) is 17.1. The van der Waals surface area contributed by atoms with Crippen molar-refractivity contribution in [3.05, 3.63) is 23.3 Å². The number of benzene rings is 1. The fraction of sp³-hybridized carbons (Fsp3) is 0.467. The van der Waals surface area contributed by atoms with Crippen LogP contribution in [0.5, 0.6) is 11.5 Å². The van der Waals surface area contributed by atoms with Gasteiger partial charge in [0, 0.05) is 17.2 Å². The van der Waals surface area contributed by atoms with E-state index in [9.17, 15) is 4.79 Å². The van der Waals surface area contributed by atoms with E-state index in [0.717, 1.165) is 5.56 Å². The van der Waals surface area contributed by atoms with Gasteiger partial charge in [0.1, 0.15) is 0 Å². The van der Waals surface area contributed by atoms with Crippen molar-refractivity contribution in [1.29, 1.82) is 5.26 Å². The van der Waals surface area contributed by atoms with Gasteiger partial charge in [-0.2, -0.15) is 5.26 Å².